The van der Waals surface area contributed by atoms with Crippen LogP contribution in [0.15, 0.2) is 36.7 Å². The highest BCUT2D eigenvalue weighted by atomic mass is 16.5. The molecule has 2 bridgehead atoms. The van der Waals surface area contributed by atoms with Crippen LogP contribution in [-0.2, 0) is 13.0 Å². The van der Waals surface area contributed by atoms with Crippen molar-refractivity contribution in [1.82, 2.24) is 25.2 Å². The molecule has 188 valence electrons. The average molecular weight is 486 g/mol. The van der Waals surface area contributed by atoms with Crippen LogP contribution in [0.2, 0.25) is 0 Å². The summed E-state index contributed by atoms with van der Waals surface area (Å²) < 4.78 is 6.30. The molecule has 0 radical (unpaired) electrons. The third kappa shape index (κ3) is 4.06. The zero-order valence-corrected chi connectivity index (χ0v) is 21.1. The minimum Gasteiger partial charge on any atom is -0.462 e. The van der Waals surface area contributed by atoms with Gasteiger partial charge in [-0.2, -0.15) is 9.97 Å². The predicted molar refractivity (Wildman–Crippen MR) is 142 cm³/mol. The Morgan fingerprint density at radius 2 is 1.86 bits per heavy atom. The van der Waals surface area contributed by atoms with Gasteiger partial charge in [0.2, 0.25) is 0 Å². The molecule has 3 aromatic rings. The van der Waals surface area contributed by atoms with E-state index in [9.17, 15) is 0 Å². The van der Waals surface area contributed by atoms with Crippen molar-refractivity contribution in [2.24, 2.45) is 0 Å². The van der Waals surface area contributed by atoms with E-state index in [1.807, 2.05) is 12.4 Å². The maximum absolute atomic E-state index is 6.30. The van der Waals surface area contributed by atoms with E-state index < -0.39 is 0 Å². The molecule has 2 aromatic heterocycles. The van der Waals surface area contributed by atoms with Crippen molar-refractivity contribution >= 4 is 22.3 Å². The summed E-state index contributed by atoms with van der Waals surface area (Å²) in [5.74, 6) is 1.10. The van der Waals surface area contributed by atoms with Crippen molar-refractivity contribution in [2.45, 2.75) is 56.8 Å². The predicted octanol–water partition coefficient (Wildman–Crippen LogP) is 3.00. The van der Waals surface area contributed by atoms with Crippen molar-refractivity contribution in [3.63, 3.8) is 0 Å². The Hall–Kier alpha value is -2.97. The molecule has 0 spiro atoms. The minimum absolute atomic E-state index is 0.446. The van der Waals surface area contributed by atoms with Gasteiger partial charge < -0.3 is 24.8 Å². The van der Waals surface area contributed by atoms with E-state index in [1.165, 1.54) is 47.7 Å². The number of nitrogens with one attached hydrogen (secondary N) is 1. The quantitative estimate of drug-likeness (QED) is 0.592. The highest BCUT2D eigenvalue weighted by molar-refractivity contribution is 5.93. The van der Waals surface area contributed by atoms with E-state index >= 15 is 0 Å². The maximum atomic E-state index is 6.30. The number of pyridine rings is 1. The zero-order valence-electron chi connectivity index (χ0n) is 21.1. The Kier molecular flexibility index (Phi) is 5.66. The van der Waals surface area contributed by atoms with Gasteiger partial charge in [-0.1, -0.05) is 24.3 Å². The number of likely N-dealkylation sites (N-methyl/N-ethyl adjacent to an activating group) is 1. The van der Waals surface area contributed by atoms with E-state index in [0.29, 0.717) is 30.7 Å². The summed E-state index contributed by atoms with van der Waals surface area (Å²) in [4.78, 5) is 21.9. The molecule has 3 fully saturated rings. The molecule has 8 heteroatoms. The Labute approximate surface area is 212 Å². The van der Waals surface area contributed by atoms with Crippen LogP contribution in [0.3, 0.4) is 0 Å². The molecule has 0 aliphatic carbocycles. The second-order valence-electron chi connectivity index (χ2n) is 10.9. The van der Waals surface area contributed by atoms with Gasteiger partial charge in [0.05, 0.1) is 24.1 Å². The van der Waals surface area contributed by atoms with Gasteiger partial charge in [-0.3, -0.25) is 4.98 Å². The zero-order chi connectivity index (χ0) is 24.1. The Bertz CT molecular complexity index is 1250. The molecule has 36 heavy (non-hydrogen) atoms. The fourth-order valence-electron chi connectivity index (χ4n) is 6.60. The molecular weight excluding hydrogens is 450 g/mol. The first-order chi connectivity index (χ1) is 17.7. The van der Waals surface area contributed by atoms with Gasteiger partial charge in [0, 0.05) is 60.3 Å². The number of rotatable bonds is 5. The lowest BCUT2D eigenvalue weighted by Crippen LogP contribution is -2.52. The summed E-state index contributed by atoms with van der Waals surface area (Å²) in [5, 5.41) is 6.17. The van der Waals surface area contributed by atoms with Gasteiger partial charge in [0.15, 0.2) is 0 Å². The van der Waals surface area contributed by atoms with E-state index in [4.69, 9.17) is 14.7 Å². The van der Waals surface area contributed by atoms with Gasteiger partial charge in [0.25, 0.3) is 0 Å². The number of likely N-dealkylation sites (tertiary alicyclic amines) is 1. The molecule has 0 saturated carbocycles. The van der Waals surface area contributed by atoms with Crippen molar-refractivity contribution in [2.75, 3.05) is 49.6 Å². The monoisotopic (exact) mass is 485 g/mol. The SMILES string of the molecule is CN1CCC[C@H]1COc1nc2c(c(N3CC4CCC(C3)N4)n1)CCN(c1cncc3ccccc13)C2. The fourth-order valence-corrected chi connectivity index (χ4v) is 6.60. The first kappa shape index (κ1) is 22.2. The van der Waals surface area contributed by atoms with Crippen LogP contribution in [0.4, 0.5) is 11.5 Å². The standard InChI is InChI=1S/C28H35N7O/c1-33-11-4-6-22(33)18-36-28-31-25-17-34(26-14-29-13-19-5-2-3-7-23(19)26)12-10-24(25)27(32-28)35-15-20-8-9-21(16-35)30-20/h2-3,5,7,13-14,20-22,30H,4,6,8-12,15-18H2,1H3/t20?,21?,22-/m0/s1. The van der Waals surface area contributed by atoms with E-state index in [0.717, 1.165) is 50.7 Å². The molecular formula is C28H35N7O. The molecule has 8 nitrogen and oxygen atoms in total. The third-order valence-electron chi connectivity index (χ3n) is 8.60. The molecule has 3 saturated heterocycles. The van der Waals surface area contributed by atoms with Crippen LogP contribution >= 0.6 is 0 Å². The average Bonchev–Trinajstić information content (AvgIpc) is 3.49. The molecule has 3 atom stereocenters. The summed E-state index contributed by atoms with van der Waals surface area (Å²) >= 11 is 0. The normalized spacial score (nSPS) is 26.0. The van der Waals surface area contributed by atoms with Crippen LogP contribution in [0.1, 0.15) is 36.9 Å². The molecule has 2 unspecified atom stereocenters. The lowest BCUT2D eigenvalue weighted by molar-refractivity contribution is 0.187. The molecule has 4 aliphatic rings. The van der Waals surface area contributed by atoms with Crippen LogP contribution in [0, 0.1) is 0 Å². The van der Waals surface area contributed by atoms with Crippen molar-refractivity contribution in [3.8, 4) is 6.01 Å². The minimum atomic E-state index is 0.446. The number of nitrogens with zero attached hydrogens (tertiary/aromatic N) is 6. The van der Waals surface area contributed by atoms with Crippen LogP contribution in [0.25, 0.3) is 10.8 Å². The lowest BCUT2D eigenvalue weighted by atomic mass is 10.0. The number of hydrogen-bond acceptors (Lipinski definition) is 8. The second kappa shape index (κ2) is 9.16. The number of piperazine rings is 1. The van der Waals surface area contributed by atoms with Crippen molar-refractivity contribution in [1.29, 1.82) is 0 Å². The number of benzene rings is 1. The highest BCUT2D eigenvalue weighted by Gasteiger charge is 2.35. The first-order valence-corrected chi connectivity index (χ1v) is 13.5. The second-order valence-corrected chi connectivity index (χ2v) is 10.9. The summed E-state index contributed by atoms with van der Waals surface area (Å²) in [5.41, 5.74) is 3.57. The number of hydrogen-bond donors (Lipinski definition) is 1. The number of fused-ring (bicyclic) bond motifs is 4. The number of aromatic nitrogens is 3. The van der Waals surface area contributed by atoms with E-state index in [2.05, 4.69) is 56.3 Å². The van der Waals surface area contributed by atoms with Crippen molar-refractivity contribution in [3.05, 3.63) is 47.9 Å². The largest absolute Gasteiger partial charge is 0.462 e. The van der Waals surface area contributed by atoms with Gasteiger partial charge in [0.1, 0.15) is 12.4 Å². The number of anilines is 2. The smallest absolute Gasteiger partial charge is 0.318 e. The summed E-state index contributed by atoms with van der Waals surface area (Å²) in [6, 6.07) is 10.6. The molecule has 6 heterocycles. The molecule has 4 aliphatic heterocycles. The summed E-state index contributed by atoms with van der Waals surface area (Å²) in [6.07, 6.45) is 9.80. The third-order valence-corrected chi connectivity index (χ3v) is 8.60. The van der Waals surface area contributed by atoms with E-state index in [1.54, 1.807) is 0 Å². The topological polar surface area (TPSA) is 69.7 Å². The van der Waals surface area contributed by atoms with Gasteiger partial charge in [-0.15, -0.1) is 0 Å². The number of ether oxygens (including phenoxy) is 1. The van der Waals surface area contributed by atoms with Crippen molar-refractivity contribution < 1.29 is 4.74 Å². The summed E-state index contributed by atoms with van der Waals surface area (Å²) in [6.45, 7) is 5.51. The summed E-state index contributed by atoms with van der Waals surface area (Å²) in [7, 11) is 2.19. The fraction of sp³-hybridized carbons (Fsp3) is 0.536. The van der Waals surface area contributed by atoms with Crippen LogP contribution in [-0.4, -0.2) is 77.8 Å². The van der Waals surface area contributed by atoms with Crippen LogP contribution in [0.5, 0.6) is 6.01 Å². The van der Waals surface area contributed by atoms with Gasteiger partial charge in [-0.05, 0) is 45.7 Å². The molecule has 7 rings (SSSR count). The first-order valence-electron chi connectivity index (χ1n) is 13.5. The van der Waals surface area contributed by atoms with Gasteiger partial charge >= 0.3 is 6.01 Å². The lowest BCUT2D eigenvalue weighted by Gasteiger charge is -2.37. The van der Waals surface area contributed by atoms with E-state index in [-0.39, 0.29) is 0 Å². The Balaban J connectivity index is 1.22. The van der Waals surface area contributed by atoms with Gasteiger partial charge in [-0.25, -0.2) is 0 Å². The molecule has 0 amide bonds. The Morgan fingerprint density at radius 3 is 2.69 bits per heavy atom. The molecule has 1 aromatic carbocycles. The highest BCUT2D eigenvalue weighted by Crippen LogP contribution is 2.35. The maximum Gasteiger partial charge on any atom is 0.318 e. The van der Waals surface area contributed by atoms with Crippen LogP contribution < -0.4 is 19.9 Å². The molecule has 1 N–H and O–H groups in total. The Morgan fingerprint density at radius 1 is 1.00 bits per heavy atom.